The van der Waals surface area contributed by atoms with Crippen LogP contribution in [0.5, 0.6) is 0 Å². The van der Waals surface area contributed by atoms with Gasteiger partial charge in [-0.25, -0.2) is 0 Å². The fourth-order valence-electron chi connectivity index (χ4n) is 2.43. The lowest BCUT2D eigenvalue weighted by atomic mass is 9.94. The fraction of sp³-hybridized carbons (Fsp3) is 0.467. The second-order valence-corrected chi connectivity index (χ2v) is 5.37. The van der Waals surface area contributed by atoms with Crippen LogP contribution in [0.15, 0.2) is 29.6 Å². The number of hydrogen-bond donors (Lipinski definition) is 0. The van der Waals surface area contributed by atoms with E-state index in [-0.39, 0.29) is 0 Å². The quantitative estimate of drug-likeness (QED) is 0.631. The topological polar surface area (TPSA) is 0 Å². The highest BCUT2D eigenvalue weighted by molar-refractivity contribution is 7.11. The molecule has 0 atom stereocenters. The highest BCUT2D eigenvalue weighted by Gasteiger charge is 2.14. The van der Waals surface area contributed by atoms with E-state index < -0.39 is 0 Å². The Labute approximate surface area is 102 Å². The predicted octanol–water partition coefficient (Wildman–Crippen LogP) is 5.59. The number of thiophene rings is 1. The van der Waals surface area contributed by atoms with Gasteiger partial charge in [0.05, 0.1) is 0 Å². The minimum Gasteiger partial charge on any atom is -0.147 e. The van der Waals surface area contributed by atoms with E-state index in [4.69, 9.17) is 0 Å². The van der Waals surface area contributed by atoms with E-state index in [1.807, 2.05) is 11.3 Å². The van der Waals surface area contributed by atoms with Gasteiger partial charge in [-0.2, -0.15) is 0 Å². The van der Waals surface area contributed by atoms with E-state index in [1.165, 1.54) is 36.5 Å². The van der Waals surface area contributed by atoms with E-state index in [0.717, 1.165) is 5.92 Å². The van der Waals surface area contributed by atoms with E-state index in [1.54, 1.807) is 4.88 Å². The molecule has 0 spiro atoms. The van der Waals surface area contributed by atoms with Crippen LogP contribution in [-0.4, -0.2) is 0 Å². The first-order valence-electron chi connectivity index (χ1n) is 6.33. The minimum atomic E-state index is 0.778. The van der Waals surface area contributed by atoms with Crippen molar-refractivity contribution in [1.29, 1.82) is 0 Å². The molecule has 0 unspecified atom stereocenters. The van der Waals surface area contributed by atoms with Crippen LogP contribution in [0.3, 0.4) is 0 Å². The fourth-order valence-corrected chi connectivity index (χ4v) is 3.63. The van der Waals surface area contributed by atoms with Gasteiger partial charge in [-0.3, -0.25) is 0 Å². The lowest BCUT2D eigenvalue weighted by Crippen LogP contribution is -1.95. The number of hydrogen-bond acceptors (Lipinski definition) is 1. The van der Waals surface area contributed by atoms with Gasteiger partial charge >= 0.3 is 0 Å². The van der Waals surface area contributed by atoms with Gasteiger partial charge in [0.1, 0.15) is 0 Å². The number of rotatable bonds is 5. The van der Waals surface area contributed by atoms with Crippen molar-refractivity contribution in [3.63, 3.8) is 0 Å². The average Bonchev–Trinajstić information content (AvgIpc) is 2.72. The maximum absolute atomic E-state index is 2.31. The predicted molar refractivity (Wildman–Crippen MR) is 74.4 cm³/mol. The maximum Gasteiger partial charge on any atom is 0.0155 e. The van der Waals surface area contributed by atoms with Crippen molar-refractivity contribution in [1.82, 2.24) is 0 Å². The van der Waals surface area contributed by atoms with Crippen molar-refractivity contribution in [3.8, 4) is 0 Å². The zero-order valence-corrected chi connectivity index (χ0v) is 11.0. The molecule has 0 fully saturated rings. The summed E-state index contributed by atoms with van der Waals surface area (Å²) in [5.41, 5.74) is 0. The molecule has 86 valence electrons. The van der Waals surface area contributed by atoms with Crippen LogP contribution in [0.4, 0.5) is 0 Å². The lowest BCUT2D eigenvalue weighted by molar-refractivity contribution is 0.571. The molecule has 0 aliphatic heterocycles. The molecule has 0 radical (unpaired) electrons. The third-order valence-corrected chi connectivity index (χ3v) is 4.36. The molecule has 16 heavy (non-hydrogen) atoms. The first-order chi connectivity index (χ1) is 7.86. The van der Waals surface area contributed by atoms with Gasteiger partial charge in [-0.1, -0.05) is 51.0 Å². The molecule has 0 aliphatic carbocycles. The van der Waals surface area contributed by atoms with Crippen LogP contribution >= 0.6 is 11.3 Å². The van der Waals surface area contributed by atoms with Crippen LogP contribution in [0, 0.1) is 0 Å². The Bertz CT molecular complexity index is 435. The molecule has 0 bridgehead atoms. The van der Waals surface area contributed by atoms with Gasteiger partial charge in [0.2, 0.25) is 0 Å². The monoisotopic (exact) mass is 232 g/mol. The van der Waals surface area contributed by atoms with Crippen molar-refractivity contribution in [2.24, 2.45) is 0 Å². The highest BCUT2D eigenvalue weighted by Crippen LogP contribution is 2.36. The van der Waals surface area contributed by atoms with Gasteiger partial charge < -0.3 is 0 Å². The zero-order valence-electron chi connectivity index (χ0n) is 10.2. The molecule has 0 amide bonds. The molecule has 1 heterocycles. The molecule has 0 N–H and O–H groups in total. The summed E-state index contributed by atoms with van der Waals surface area (Å²) in [6.07, 6.45) is 5.24. The summed E-state index contributed by atoms with van der Waals surface area (Å²) in [5, 5.41) is 5.21. The molecule has 0 saturated heterocycles. The van der Waals surface area contributed by atoms with Gasteiger partial charge in [-0.05, 0) is 34.9 Å². The molecule has 1 aromatic heterocycles. The molecule has 2 rings (SSSR count). The number of fused-ring (bicyclic) bond motifs is 1. The summed E-state index contributed by atoms with van der Waals surface area (Å²) in [6.45, 7) is 4.58. The molecule has 1 aromatic carbocycles. The van der Waals surface area contributed by atoms with Crippen molar-refractivity contribution in [2.45, 2.75) is 45.4 Å². The Morgan fingerprint density at radius 2 is 1.75 bits per heavy atom. The van der Waals surface area contributed by atoms with Crippen LogP contribution in [-0.2, 0) is 0 Å². The second kappa shape index (κ2) is 5.49. The minimum absolute atomic E-state index is 0.778. The van der Waals surface area contributed by atoms with Crippen molar-refractivity contribution >= 4 is 22.1 Å². The van der Waals surface area contributed by atoms with Gasteiger partial charge in [0.15, 0.2) is 0 Å². The van der Waals surface area contributed by atoms with E-state index in [2.05, 4.69) is 43.5 Å². The van der Waals surface area contributed by atoms with Crippen LogP contribution < -0.4 is 0 Å². The summed E-state index contributed by atoms with van der Waals surface area (Å²) in [7, 11) is 0. The third kappa shape index (κ3) is 2.30. The molecule has 0 aliphatic rings. The average molecular weight is 232 g/mol. The lowest BCUT2D eigenvalue weighted by Gasteiger charge is -2.14. The largest absolute Gasteiger partial charge is 0.147 e. The normalized spacial score (nSPS) is 11.4. The summed E-state index contributed by atoms with van der Waals surface area (Å²) < 4.78 is 0. The Morgan fingerprint density at radius 1 is 1.06 bits per heavy atom. The number of benzene rings is 1. The summed E-state index contributed by atoms with van der Waals surface area (Å²) >= 11 is 1.95. The van der Waals surface area contributed by atoms with E-state index in [0.29, 0.717) is 0 Å². The van der Waals surface area contributed by atoms with Crippen molar-refractivity contribution < 1.29 is 0 Å². The first-order valence-corrected chi connectivity index (χ1v) is 7.20. The van der Waals surface area contributed by atoms with Gasteiger partial charge in [0.25, 0.3) is 0 Å². The summed E-state index contributed by atoms with van der Waals surface area (Å²) in [6, 6.07) is 8.80. The SMILES string of the molecule is CCCC(CCC)c1scc2ccccc12. The Morgan fingerprint density at radius 3 is 2.44 bits per heavy atom. The molecule has 0 saturated carbocycles. The van der Waals surface area contributed by atoms with Crippen LogP contribution in [0.2, 0.25) is 0 Å². The smallest absolute Gasteiger partial charge is 0.0155 e. The van der Waals surface area contributed by atoms with E-state index >= 15 is 0 Å². The maximum atomic E-state index is 2.31. The van der Waals surface area contributed by atoms with Crippen molar-refractivity contribution in [2.75, 3.05) is 0 Å². The zero-order chi connectivity index (χ0) is 11.4. The van der Waals surface area contributed by atoms with Crippen molar-refractivity contribution in [3.05, 3.63) is 34.5 Å². The van der Waals surface area contributed by atoms with E-state index in [9.17, 15) is 0 Å². The summed E-state index contributed by atoms with van der Waals surface area (Å²) in [5.74, 6) is 0.778. The third-order valence-electron chi connectivity index (χ3n) is 3.18. The molecule has 2 aromatic rings. The second-order valence-electron chi connectivity index (χ2n) is 4.46. The Balaban J connectivity index is 2.36. The molecular weight excluding hydrogens is 212 g/mol. The first kappa shape index (κ1) is 11.7. The molecule has 0 nitrogen and oxygen atoms in total. The molecule has 1 heteroatoms. The van der Waals surface area contributed by atoms with Gasteiger partial charge in [0, 0.05) is 4.88 Å². The highest BCUT2D eigenvalue weighted by atomic mass is 32.1. The van der Waals surface area contributed by atoms with Crippen LogP contribution in [0.25, 0.3) is 10.8 Å². The Hall–Kier alpha value is -0.820. The standard InChI is InChI=1S/C15H20S/c1-3-7-12(8-4-2)15-14-10-6-5-9-13(14)11-16-15/h5-6,9-12H,3-4,7-8H2,1-2H3. The Kier molecular flexibility index (Phi) is 4.00. The summed E-state index contributed by atoms with van der Waals surface area (Å²) in [4.78, 5) is 1.61. The van der Waals surface area contributed by atoms with Crippen LogP contribution in [0.1, 0.15) is 50.3 Å². The molecular formula is C15H20S. The van der Waals surface area contributed by atoms with Gasteiger partial charge in [-0.15, -0.1) is 11.3 Å².